The van der Waals surface area contributed by atoms with E-state index < -0.39 is 11.7 Å². The summed E-state index contributed by atoms with van der Waals surface area (Å²) in [6.07, 6.45) is 0.282. The number of likely N-dealkylation sites (N-methyl/N-ethyl adjacent to an activating group) is 3. The molecule has 2 N–H and O–H groups in total. The van der Waals surface area contributed by atoms with Crippen LogP contribution in [0.4, 0.5) is 19.0 Å². The van der Waals surface area contributed by atoms with Crippen LogP contribution in [0.25, 0.3) is 0 Å². The molecule has 2 heterocycles. The molecule has 1 atom stereocenters. The van der Waals surface area contributed by atoms with Gasteiger partial charge in [-0.3, -0.25) is 0 Å². The third-order valence-corrected chi connectivity index (χ3v) is 4.95. The highest BCUT2D eigenvalue weighted by atomic mass is 19.4. The first-order valence-electron chi connectivity index (χ1n) is 10.1. The smallest absolute Gasteiger partial charge is 0.333 e. The first kappa shape index (κ1) is 24.2. The summed E-state index contributed by atoms with van der Waals surface area (Å²) in [4.78, 5) is 7.84. The highest BCUT2D eigenvalue weighted by molar-refractivity contribution is 5.53. The van der Waals surface area contributed by atoms with E-state index in [1.54, 1.807) is 5.01 Å². The Hall–Kier alpha value is -2.10. The molecule has 0 saturated carbocycles. The predicted octanol–water partition coefficient (Wildman–Crippen LogP) is 3.23. The molecule has 0 saturated heterocycles. The average molecular weight is 427 g/mol. The Balaban J connectivity index is 2.38. The van der Waals surface area contributed by atoms with Gasteiger partial charge >= 0.3 is 6.18 Å². The zero-order chi connectivity index (χ0) is 22.5. The van der Waals surface area contributed by atoms with Crippen molar-refractivity contribution in [1.82, 2.24) is 25.6 Å². The summed E-state index contributed by atoms with van der Waals surface area (Å²) in [6, 6.07) is 0.890. The van der Waals surface area contributed by atoms with Crippen molar-refractivity contribution >= 4 is 5.82 Å². The van der Waals surface area contributed by atoms with E-state index in [0.29, 0.717) is 18.7 Å². The van der Waals surface area contributed by atoms with Crippen LogP contribution < -0.4 is 15.6 Å². The Morgan fingerprint density at radius 1 is 1.40 bits per heavy atom. The van der Waals surface area contributed by atoms with Gasteiger partial charge in [-0.25, -0.2) is 9.99 Å². The monoisotopic (exact) mass is 426 g/mol. The Morgan fingerprint density at radius 2 is 2.10 bits per heavy atom. The minimum absolute atomic E-state index is 0.111. The third kappa shape index (κ3) is 5.96. The molecule has 2 rings (SSSR count). The van der Waals surface area contributed by atoms with Crippen LogP contribution in [-0.2, 0) is 6.18 Å². The molecule has 168 valence electrons. The Morgan fingerprint density at radius 3 is 2.67 bits per heavy atom. The largest absolute Gasteiger partial charge is 0.419 e. The van der Waals surface area contributed by atoms with Crippen molar-refractivity contribution in [1.29, 1.82) is 0 Å². The highest BCUT2D eigenvalue weighted by Crippen LogP contribution is 2.39. The van der Waals surface area contributed by atoms with Gasteiger partial charge in [-0.1, -0.05) is 20.4 Å². The van der Waals surface area contributed by atoms with Crippen molar-refractivity contribution < 1.29 is 13.2 Å². The van der Waals surface area contributed by atoms with Crippen molar-refractivity contribution in [2.75, 3.05) is 52.2 Å². The molecule has 1 aliphatic heterocycles. The molecule has 0 bridgehead atoms. The van der Waals surface area contributed by atoms with E-state index in [0.717, 1.165) is 18.7 Å². The lowest BCUT2D eigenvalue weighted by Gasteiger charge is -2.28. The van der Waals surface area contributed by atoms with Gasteiger partial charge in [0.2, 0.25) is 0 Å². The summed E-state index contributed by atoms with van der Waals surface area (Å²) in [5.41, 5.74) is 3.85. The third-order valence-electron chi connectivity index (χ3n) is 4.95. The fraction of sp³-hybridized carbons (Fsp3) is 0.571. The summed E-state index contributed by atoms with van der Waals surface area (Å²) in [7, 11) is 5.69. The number of aromatic nitrogens is 1. The van der Waals surface area contributed by atoms with E-state index >= 15 is 0 Å². The van der Waals surface area contributed by atoms with Crippen LogP contribution >= 0.6 is 0 Å². The summed E-state index contributed by atoms with van der Waals surface area (Å²) in [5, 5.41) is 4.90. The fourth-order valence-electron chi connectivity index (χ4n) is 3.55. The molecule has 1 unspecified atom stereocenters. The van der Waals surface area contributed by atoms with Crippen LogP contribution in [0.15, 0.2) is 36.8 Å². The number of nitrogens with zero attached hydrogens (tertiary/aromatic N) is 4. The molecular weight excluding hydrogens is 393 g/mol. The topological polar surface area (TPSA) is 46.7 Å². The van der Waals surface area contributed by atoms with Crippen molar-refractivity contribution in [3.8, 4) is 0 Å². The van der Waals surface area contributed by atoms with E-state index in [1.807, 2.05) is 41.2 Å². The molecule has 1 aromatic heterocycles. The molecule has 9 heteroatoms. The summed E-state index contributed by atoms with van der Waals surface area (Å²) in [5.74, 6) is 0.0543. The van der Waals surface area contributed by atoms with Crippen molar-refractivity contribution in [2.24, 2.45) is 5.92 Å². The van der Waals surface area contributed by atoms with E-state index in [1.165, 1.54) is 23.4 Å². The molecule has 1 aromatic rings. The molecule has 6 nitrogen and oxygen atoms in total. The Kier molecular flexibility index (Phi) is 8.28. The zero-order valence-corrected chi connectivity index (χ0v) is 18.4. The molecule has 0 amide bonds. The van der Waals surface area contributed by atoms with Crippen molar-refractivity contribution in [3.05, 3.63) is 47.9 Å². The summed E-state index contributed by atoms with van der Waals surface area (Å²) >= 11 is 0. The molecule has 0 spiro atoms. The second-order valence-corrected chi connectivity index (χ2v) is 8.07. The lowest BCUT2D eigenvalue weighted by atomic mass is 9.99. The quantitative estimate of drug-likeness (QED) is 0.599. The number of rotatable bonds is 10. The maximum Gasteiger partial charge on any atom is 0.419 e. The van der Waals surface area contributed by atoms with E-state index in [9.17, 15) is 13.2 Å². The van der Waals surface area contributed by atoms with Crippen molar-refractivity contribution in [3.63, 3.8) is 0 Å². The number of nitrogens with one attached hydrogen (secondary N) is 2. The van der Waals surface area contributed by atoms with Crippen LogP contribution in [0.3, 0.4) is 0 Å². The number of alkyl halides is 3. The number of hydrazine groups is 1. The molecule has 0 radical (unpaired) electrons. The van der Waals surface area contributed by atoms with E-state index in [2.05, 4.69) is 27.2 Å². The van der Waals surface area contributed by atoms with Crippen LogP contribution in [0, 0.1) is 5.92 Å². The van der Waals surface area contributed by atoms with Crippen LogP contribution in [-0.4, -0.2) is 62.2 Å². The Bertz CT molecular complexity index is 747. The van der Waals surface area contributed by atoms with Gasteiger partial charge < -0.3 is 20.5 Å². The second kappa shape index (κ2) is 10.3. The van der Waals surface area contributed by atoms with Gasteiger partial charge in [0.25, 0.3) is 0 Å². The molecule has 0 fully saturated rings. The lowest BCUT2D eigenvalue weighted by molar-refractivity contribution is -0.137. The maximum absolute atomic E-state index is 13.9. The van der Waals surface area contributed by atoms with Crippen LogP contribution in [0.2, 0.25) is 0 Å². The summed E-state index contributed by atoms with van der Waals surface area (Å²) < 4.78 is 41.8. The highest BCUT2D eigenvalue weighted by Gasteiger charge is 2.38. The SMILES string of the molecule is C=CN(CC(C)C)c1ncc(C2C(CN(C)CCNC)=CNN2C)cc1C(F)(F)F. The minimum Gasteiger partial charge on any atom is -0.333 e. The zero-order valence-electron chi connectivity index (χ0n) is 18.4. The molecule has 1 aliphatic rings. The standard InChI is InChI=1S/C21H33F3N6/c1-7-30(13-15(2)3)20-18(21(22,23)24)10-16(11-26-20)19-17(12-27-29(19)6)14-28(5)9-8-25-4/h7,10-12,15,19,25,27H,1,8-9,13-14H2,2-6H3. The van der Waals surface area contributed by atoms with Gasteiger partial charge in [0.05, 0.1) is 11.6 Å². The number of pyridine rings is 1. The molecule has 30 heavy (non-hydrogen) atoms. The second-order valence-electron chi connectivity index (χ2n) is 8.07. The average Bonchev–Trinajstić information content (AvgIpc) is 3.03. The normalized spacial score (nSPS) is 17.4. The lowest BCUT2D eigenvalue weighted by Crippen LogP contribution is -2.33. The van der Waals surface area contributed by atoms with Gasteiger partial charge in [0.1, 0.15) is 5.82 Å². The van der Waals surface area contributed by atoms with E-state index in [4.69, 9.17) is 0 Å². The first-order chi connectivity index (χ1) is 14.1. The number of hydrogen-bond acceptors (Lipinski definition) is 6. The fourth-order valence-corrected chi connectivity index (χ4v) is 3.55. The first-order valence-corrected chi connectivity index (χ1v) is 10.1. The minimum atomic E-state index is -4.52. The molecule has 0 aromatic carbocycles. The van der Waals surface area contributed by atoms with Crippen LogP contribution in [0.1, 0.15) is 31.0 Å². The summed E-state index contributed by atoms with van der Waals surface area (Å²) in [6.45, 7) is 10.3. The number of halogens is 3. The maximum atomic E-state index is 13.9. The Labute approximate surface area is 177 Å². The van der Waals surface area contributed by atoms with Gasteiger partial charge in [-0.05, 0) is 43.4 Å². The van der Waals surface area contributed by atoms with Gasteiger partial charge in [0, 0.05) is 45.6 Å². The molecule has 0 aliphatic carbocycles. The predicted molar refractivity (Wildman–Crippen MR) is 115 cm³/mol. The van der Waals surface area contributed by atoms with Crippen molar-refractivity contribution in [2.45, 2.75) is 26.1 Å². The van der Waals surface area contributed by atoms with Gasteiger partial charge in [-0.2, -0.15) is 13.2 Å². The number of hydrogen-bond donors (Lipinski definition) is 2. The van der Waals surface area contributed by atoms with Gasteiger partial charge in [0.15, 0.2) is 0 Å². The van der Waals surface area contributed by atoms with Gasteiger partial charge in [-0.15, -0.1) is 0 Å². The number of anilines is 1. The molecular formula is C21H33F3N6. The van der Waals surface area contributed by atoms with Crippen LogP contribution in [0.5, 0.6) is 0 Å². The van der Waals surface area contributed by atoms with E-state index in [-0.39, 0.29) is 17.8 Å².